The van der Waals surface area contributed by atoms with Gasteiger partial charge in [0.15, 0.2) is 0 Å². The quantitative estimate of drug-likeness (QED) is 0.804. The van der Waals surface area contributed by atoms with E-state index >= 15 is 0 Å². The Morgan fingerprint density at radius 2 is 2.11 bits per heavy atom. The van der Waals surface area contributed by atoms with Gasteiger partial charge in [0.1, 0.15) is 4.99 Å². The molecular formula is C16H24N2S. The molecule has 0 aromatic heterocycles. The first-order valence-corrected chi connectivity index (χ1v) is 7.57. The SMILES string of the molecule is Cc1ccc(N(CCC(C)C)C2CC2)c(C(N)=S)c1. The first kappa shape index (κ1) is 14.3. The van der Waals surface area contributed by atoms with E-state index in [2.05, 4.69) is 43.9 Å². The molecule has 0 saturated heterocycles. The molecule has 0 aliphatic heterocycles. The maximum absolute atomic E-state index is 5.90. The minimum atomic E-state index is 0.508. The summed E-state index contributed by atoms with van der Waals surface area (Å²) < 4.78 is 0. The summed E-state index contributed by atoms with van der Waals surface area (Å²) in [6, 6.07) is 7.14. The van der Waals surface area contributed by atoms with E-state index in [1.54, 1.807) is 0 Å². The van der Waals surface area contributed by atoms with E-state index in [-0.39, 0.29) is 0 Å². The van der Waals surface area contributed by atoms with Crippen molar-refractivity contribution in [1.29, 1.82) is 0 Å². The van der Waals surface area contributed by atoms with Crippen molar-refractivity contribution in [3.05, 3.63) is 29.3 Å². The summed E-state index contributed by atoms with van der Waals surface area (Å²) in [5, 5.41) is 0. The van der Waals surface area contributed by atoms with Crippen LogP contribution in [0.4, 0.5) is 5.69 Å². The predicted molar refractivity (Wildman–Crippen MR) is 86.9 cm³/mol. The largest absolute Gasteiger partial charge is 0.389 e. The summed E-state index contributed by atoms with van der Waals surface area (Å²) in [5.41, 5.74) is 9.37. The molecule has 0 heterocycles. The Hall–Kier alpha value is -1.09. The average molecular weight is 276 g/mol. The zero-order valence-corrected chi connectivity index (χ0v) is 13.0. The van der Waals surface area contributed by atoms with Gasteiger partial charge in [0.25, 0.3) is 0 Å². The lowest BCUT2D eigenvalue weighted by Gasteiger charge is -2.28. The highest BCUT2D eigenvalue weighted by atomic mass is 32.1. The van der Waals surface area contributed by atoms with Gasteiger partial charge in [0.2, 0.25) is 0 Å². The van der Waals surface area contributed by atoms with Crippen molar-refractivity contribution < 1.29 is 0 Å². The fraction of sp³-hybridized carbons (Fsp3) is 0.562. The molecule has 1 fully saturated rings. The molecule has 0 spiro atoms. The lowest BCUT2D eigenvalue weighted by molar-refractivity contribution is 0.570. The number of nitrogens with two attached hydrogens (primary N) is 1. The highest BCUT2D eigenvalue weighted by Gasteiger charge is 2.30. The van der Waals surface area contributed by atoms with E-state index in [9.17, 15) is 0 Å². The highest BCUT2D eigenvalue weighted by molar-refractivity contribution is 7.80. The van der Waals surface area contributed by atoms with Gasteiger partial charge in [-0.05, 0) is 44.2 Å². The average Bonchev–Trinajstić information content (AvgIpc) is 3.14. The number of aryl methyl sites for hydroxylation is 1. The first-order chi connectivity index (χ1) is 8.99. The zero-order chi connectivity index (χ0) is 14.0. The maximum atomic E-state index is 5.90. The van der Waals surface area contributed by atoms with Crippen LogP contribution in [-0.2, 0) is 0 Å². The molecule has 2 nitrogen and oxygen atoms in total. The number of nitrogens with zero attached hydrogens (tertiary/aromatic N) is 1. The summed E-state index contributed by atoms with van der Waals surface area (Å²) in [6.45, 7) is 7.73. The van der Waals surface area contributed by atoms with Crippen LogP contribution in [0.2, 0.25) is 0 Å². The van der Waals surface area contributed by atoms with Crippen LogP contribution in [0, 0.1) is 12.8 Å². The Morgan fingerprint density at radius 3 is 2.63 bits per heavy atom. The molecule has 1 aliphatic rings. The number of benzene rings is 1. The van der Waals surface area contributed by atoms with Crippen LogP contribution in [0.5, 0.6) is 0 Å². The summed E-state index contributed by atoms with van der Waals surface area (Å²) in [7, 11) is 0. The van der Waals surface area contributed by atoms with E-state index in [1.165, 1.54) is 30.5 Å². The van der Waals surface area contributed by atoms with Gasteiger partial charge < -0.3 is 10.6 Å². The number of thiocarbonyl (C=S) groups is 1. The molecule has 19 heavy (non-hydrogen) atoms. The van der Waals surface area contributed by atoms with Crippen LogP contribution < -0.4 is 10.6 Å². The van der Waals surface area contributed by atoms with Gasteiger partial charge in [-0.25, -0.2) is 0 Å². The monoisotopic (exact) mass is 276 g/mol. The van der Waals surface area contributed by atoms with Crippen molar-refractivity contribution in [2.24, 2.45) is 11.7 Å². The van der Waals surface area contributed by atoms with E-state index < -0.39 is 0 Å². The molecule has 104 valence electrons. The topological polar surface area (TPSA) is 29.3 Å². The Morgan fingerprint density at radius 1 is 1.42 bits per heavy atom. The van der Waals surface area contributed by atoms with Crippen LogP contribution in [0.1, 0.15) is 44.2 Å². The fourth-order valence-electron chi connectivity index (χ4n) is 2.38. The van der Waals surface area contributed by atoms with E-state index in [4.69, 9.17) is 18.0 Å². The third-order valence-corrected chi connectivity index (χ3v) is 3.88. The Bertz CT molecular complexity index is 464. The Balaban J connectivity index is 2.28. The van der Waals surface area contributed by atoms with Crippen molar-refractivity contribution in [1.82, 2.24) is 0 Å². The zero-order valence-electron chi connectivity index (χ0n) is 12.1. The number of rotatable bonds is 6. The van der Waals surface area contributed by atoms with Gasteiger partial charge in [-0.1, -0.05) is 37.7 Å². The van der Waals surface area contributed by atoms with Gasteiger partial charge in [0, 0.05) is 23.8 Å². The first-order valence-electron chi connectivity index (χ1n) is 7.16. The number of hydrogen-bond acceptors (Lipinski definition) is 2. The molecule has 1 aromatic carbocycles. The van der Waals surface area contributed by atoms with Crippen molar-refractivity contribution in [3.8, 4) is 0 Å². The molecule has 0 amide bonds. The van der Waals surface area contributed by atoms with Crippen LogP contribution in [0.15, 0.2) is 18.2 Å². The van der Waals surface area contributed by atoms with Gasteiger partial charge in [-0.2, -0.15) is 0 Å². The molecular weight excluding hydrogens is 252 g/mol. The van der Waals surface area contributed by atoms with E-state index in [0.29, 0.717) is 11.0 Å². The molecule has 1 saturated carbocycles. The standard InChI is InChI=1S/C16H24N2S/c1-11(2)8-9-18(13-5-6-13)15-7-4-12(3)10-14(15)16(17)19/h4,7,10-11,13H,5-6,8-9H2,1-3H3,(H2,17,19). The predicted octanol–water partition coefficient (Wildman–Crippen LogP) is 3.64. The second-order valence-electron chi connectivity index (χ2n) is 5.99. The van der Waals surface area contributed by atoms with Crippen molar-refractivity contribution in [2.45, 2.75) is 46.1 Å². The molecule has 2 rings (SSSR count). The molecule has 0 radical (unpaired) electrons. The smallest absolute Gasteiger partial charge is 0.106 e. The highest BCUT2D eigenvalue weighted by Crippen LogP contribution is 2.34. The minimum absolute atomic E-state index is 0.508. The van der Waals surface area contributed by atoms with Crippen LogP contribution in [0.3, 0.4) is 0 Å². The maximum Gasteiger partial charge on any atom is 0.106 e. The second-order valence-corrected chi connectivity index (χ2v) is 6.43. The van der Waals surface area contributed by atoms with Crippen LogP contribution >= 0.6 is 12.2 Å². The molecule has 0 atom stereocenters. The van der Waals surface area contributed by atoms with Gasteiger partial charge >= 0.3 is 0 Å². The van der Waals surface area contributed by atoms with Crippen LogP contribution in [0.25, 0.3) is 0 Å². The van der Waals surface area contributed by atoms with Crippen molar-refractivity contribution >= 4 is 22.9 Å². The summed E-state index contributed by atoms with van der Waals surface area (Å²) in [4.78, 5) is 3.02. The lowest BCUT2D eigenvalue weighted by atomic mass is 10.1. The van der Waals surface area contributed by atoms with E-state index in [1.807, 2.05) is 0 Å². The third kappa shape index (κ3) is 3.69. The Labute approximate surface area is 122 Å². The van der Waals surface area contributed by atoms with Crippen molar-refractivity contribution in [3.63, 3.8) is 0 Å². The molecule has 3 heteroatoms. The van der Waals surface area contributed by atoms with Gasteiger partial charge in [0.05, 0.1) is 0 Å². The van der Waals surface area contributed by atoms with Gasteiger partial charge in [-0.3, -0.25) is 0 Å². The molecule has 2 N–H and O–H groups in total. The summed E-state index contributed by atoms with van der Waals surface area (Å²) in [5.74, 6) is 0.722. The molecule has 1 aliphatic carbocycles. The van der Waals surface area contributed by atoms with E-state index in [0.717, 1.165) is 18.0 Å². The molecule has 0 unspecified atom stereocenters. The molecule has 1 aromatic rings. The Kier molecular flexibility index (Phi) is 4.46. The summed E-state index contributed by atoms with van der Waals surface area (Å²) in [6.07, 6.45) is 3.80. The number of anilines is 1. The number of hydrogen-bond donors (Lipinski definition) is 1. The normalized spacial score (nSPS) is 14.7. The minimum Gasteiger partial charge on any atom is -0.389 e. The molecule has 0 bridgehead atoms. The second kappa shape index (κ2) is 5.91. The fourth-order valence-corrected chi connectivity index (χ4v) is 2.54. The van der Waals surface area contributed by atoms with Crippen molar-refractivity contribution in [2.75, 3.05) is 11.4 Å². The lowest BCUT2D eigenvalue weighted by Crippen LogP contribution is -2.30. The third-order valence-electron chi connectivity index (χ3n) is 3.66. The van der Waals surface area contributed by atoms with Crippen LogP contribution in [-0.4, -0.2) is 17.6 Å². The van der Waals surface area contributed by atoms with Gasteiger partial charge in [-0.15, -0.1) is 0 Å². The summed E-state index contributed by atoms with van der Waals surface area (Å²) >= 11 is 5.22.